The molecule has 1 saturated carbocycles. The van der Waals surface area contributed by atoms with Crippen LogP contribution in [0.4, 0.5) is 4.39 Å². The van der Waals surface area contributed by atoms with Gasteiger partial charge in [0.15, 0.2) is 0 Å². The Morgan fingerprint density at radius 3 is 2.87 bits per heavy atom. The highest BCUT2D eigenvalue weighted by atomic mass is 19.1. The molecule has 4 heteroatoms. The monoisotopic (exact) mass is 313 g/mol. The molecular weight excluding hydrogens is 289 g/mol. The summed E-state index contributed by atoms with van der Waals surface area (Å²) in [5, 5.41) is 4.95. The quantitative estimate of drug-likeness (QED) is 0.890. The van der Waals surface area contributed by atoms with E-state index in [4.69, 9.17) is 0 Å². The van der Waals surface area contributed by atoms with Gasteiger partial charge in [0.25, 0.3) is 0 Å². The lowest BCUT2D eigenvalue weighted by Gasteiger charge is -2.29. The molecule has 5 rings (SSSR count). The molecule has 1 aromatic heterocycles. The van der Waals surface area contributed by atoms with Crippen LogP contribution in [0.3, 0.4) is 0 Å². The molecule has 0 amide bonds. The molecule has 2 aromatic rings. The number of fused-ring (bicyclic) bond motifs is 2. The lowest BCUT2D eigenvalue weighted by molar-refractivity contribution is 0.180. The van der Waals surface area contributed by atoms with Crippen LogP contribution < -0.4 is 5.32 Å². The maximum atomic E-state index is 13.5. The zero-order valence-electron chi connectivity index (χ0n) is 13.4. The molecule has 3 nitrogen and oxygen atoms in total. The molecule has 1 aliphatic carbocycles. The molecule has 2 saturated heterocycles. The number of hydrogen-bond donors (Lipinski definition) is 2. The summed E-state index contributed by atoms with van der Waals surface area (Å²) in [7, 11) is 0. The Morgan fingerprint density at radius 2 is 2.00 bits per heavy atom. The molecule has 2 aliphatic heterocycles. The SMILES string of the molecule is Fc1ccc2c([C@@H]3CN(C4CCCC4)[C@@H]4CCN[C@@H]43)c[nH]c2c1. The van der Waals surface area contributed by atoms with Crippen LogP contribution in [0.15, 0.2) is 24.4 Å². The maximum Gasteiger partial charge on any atom is 0.125 e. The van der Waals surface area contributed by atoms with E-state index in [0.717, 1.165) is 24.6 Å². The second-order valence-electron chi connectivity index (χ2n) is 7.51. The topological polar surface area (TPSA) is 31.1 Å². The number of nitrogens with zero attached hydrogens (tertiary/aromatic N) is 1. The van der Waals surface area contributed by atoms with Crippen LogP contribution in [-0.4, -0.2) is 41.1 Å². The highest BCUT2D eigenvalue weighted by Gasteiger charge is 2.47. The fourth-order valence-electron chi connectivity index (χ4n) is 5.35. The summed E-state index contributed by atoms with van der Waals surface area (Å²) in [5.41, 5.74) is 2.29. The van der Waals surface area contributed by atoms with E-state index in [9.17, 15) is 4.39 Å². The minimum absolute atomic E-state index is 0.165. The van der Waals surface area contributed by atoms with Gasteiger partial charge in [-0.05, 0) is 49.6 Å². The third-order valence-corrected chi connectivity index (χ3v) is 6.37. The molecule has 2 N–H and O–H groups in total. The number of likely N-dealkylation sites (tertiary alicyclic amines) is 1. The Labute approximate surface area is 136 Å². The van der Waals surface area contributed by atoms with E-state index in [1.165, 1.54) is 43.1 Å². The fraction of sp³-hybridized carbons (Fsp3) is 0.579. The average molecular weight is 313 g/mol. The van der Waals surface area contributed by atoms with E-state index in [-0.39, 0.29) is 5.82 Å². The number of H-pyrrole nitrogens is 1. The van der Waals surface area contributed by atoms with Gasteiger partial charge in [-0.1, -0.05) is 12.8 Å². The second-order valence-corrected chi connectivity index (χ2v) is 7.51. The Balaban J connectivity index is 1.51. The van der Waals surface area contributed by atoms with E-state index in [1.807, 2.05) is 6.07 Å². The third-order valence-electron chi connectivity index (χ3n) is 6.37. The number of aromatic nitrogens is 1. The van der Waals surface area contributed by atoms with Crippen LogP contribution in [0.2, 0.25) is 0 Å². The number of halogens is 1. The van der Waals surface area contributed by atoms with E-state index in [1.54, 1.807) is 12.1 Å². The van der Waals surface area contributed by atoms with Gasteiger partial charge < -0.3 is 10.3 Å². The molecule has 0 unspecified atom stereocenters. The van der Waals surface area contributed by atoms with E-state index < -0.39 is 0 Å². The zero-order chi connectivity index (χ0) is 15.4. The average Bonchev–Trinajstić information content (AvgIpc) is 3.30. The number of rotatable bonds is 2. The van der Waals surface area contributed by atoms with Gasteiger partial charge in [0.05, 0.1) is 0 Å². The Hall–Kier alpha value is -1.39. The largest absolute Gasteiger partial charge is 0.361 e. The molecule has 3 aliphatic rings. The van der Waals surface area contributed by atoms with Crippen LogP contribution in [0, 0.1) is 5.82 Å². The highest BCUT2D eigenvalue weighted by Crippen LogP contribution is 2.42. The molecule has 3 atom stereocenters. The summed E-state index contributed by atoms with van der Waals surface area (Å²) in [6.07, 6.45) is 8.91. The molecule has 1 aromatic carbocycles. The van der Waals surface area contributed by atoms with E-state index in [0.29, 0.717) is 18.0 Å². The summed E-state index contributed by atoms with van der Waals surface area (Å²) in [6, 6.07) is 7.17. The number of nitrogens with one attached hydrogen (secondary N) is 2. The lowest BCUT2D eigenvalue weighted by atomic mass is 9.92. The smallest absolute Gasteiger partial charge is 0.125 e. The predicted octanol–water partition coefficient (Wildman–Crippen LogP) is 3.38. The Morgan fingerprint density at radius 1 is 1.13 bits per heavy atom. The van der Waals surface area contributed by atoms with Crippen LogP contribution in [0.5, 0.6) is 0 Å². The summed E-state index contributed by atoms with van der Waals surface area (Å²) in [6.45, 7) is 2.28. The van der Waals surface area contributed by atoms with Crippen molar-refractivity contribution < 1.29 is 4.39 Å². The number of aromatic amines is 1. The highest BCUT2D eigenvalue weighted by molar-refractivity contribution is 5.84. The van der Waals surface area contributed by atoms with Crippen molar-refractivity contribution in [1.29, 1.82) is 0 Å². The van der Waals surface area contributed by atoms with Crippen molar-refractivity contribution in [2.75, 3.05) is 13.1 Å². The molecular formula is C19H24FN3. The fourth-order valence-corrected chi connectivity index (χ4v) is 5.35. The normalized spacial score (nSPS) is 32.1. The second kappa shape index (κ2) is 5.32. The van der Waals surface area contributed by atoms with Crippen molar-refractivity contribution in [1.82, 2.24) is 15.2 Å². The Kier molecular flexibility index (Phi) is 3.24. The molecule has 23 heavy (non-hydrogen) atoms. The Bertz CT molecular complexity index is 718. The molecule has 122 valence electrons. The van der Waals surface area contributed by atoms with Crippen molar-refractivity contribution in [3.63, 3.8) is 0 Å². The van der Waals surface area contributed by atoms with Crippen molar-refractivity contribution in [2.24, 2.45) is 0 Å². The van der Waals surface area contributed by atoms with Crippen molar-refractivity contribution in [3.05, 3.63) is 35.8 Å². The maximum absolute atomic E-state index is 13.5. The first-order chi connectivity index (χ1) is 11.3. The van der Waals surface area contributed by atoms with Gasteiger partial charge in [-0.15, -0.1) is 0 Å². The van der Waals surface area contributed by atoms with Gasteiger partial charge in [-0.2, -0.15) is 0 Å². The molecule has 0 bridgehead atoms. The summed E-state index contributed by atoms with van der Waals surface area (Å²) in [5.74, 6) is 0.351. The third kappa shape index (κ3) is 2.15. The van der Waals surface area contributed by atoms with Gasteiger partial charge in [0, 0.05) is 47.7 Å². The van der Waals surface area contributed by atoms with E-state index >= 15 is 0 Å². The number of hydrogen-bond acceptors (Lipinski definition) is 2. The van der Waals surface area contributed by atoms with Crippen molar-refractivity contribution >= 4 is 10.9 Å². The molecule has 3 heterocycles. The summed E-state index contributed by atoms with van der Waals surface area (Å²) in [4.78, 5) is 6.08. The van der Waals surface area contributed by atoms with E-state index in [2.05, 4.69) is 21.4 Å². The van der Waals surface area contributed by atoms with Crippen LogP contribution >= 0.6 is 0 Å². The first-order valence-electron chi connectivity index (χ1n) is 9.07. The lowest BCUT2D eigenvalue weighted by Crippen LogP contribution is -2.40. The van der Waals surface area contributed by atoms with Gasteiger partial charge in [-0.25, -0.2) is 4.39 Å². The van der Waals surface area contributed by atoms with Crippen LogP contribution in [0.1, 0.15) is 43.6 Å². The predicted molar refractivity (Wildman–Crippen MR) is 90.2 cm³/mol. The minimum atomic E-state index is -0.165. The molecule has 0 radical (unpaired) electrons. The van der Waals surface area contributed by atoms with Crippen molar-refractivity contribution in [3.8, 4) is 0 Å². The first kappa shape index (κ1) is 14.0. The number of benzene rings is 1. The standard InChI is InChI=1S/C19H24FN3/c20-12-5-6-14-15(10-22-17(14)9-12)16-11-23(13-3-1-2-4-13)18-7-8-21-19(16)18/h5-6,9-10,13,16,18-19,21-22H,1-4,7-8,11H2/t16-,18+,19+/m0/s1. The van der Waals surface area contributed by atoms with Gasteiger partial charge in [0.2, 0.25) is 0 Å². The molecule has 0 spiro atoms. The van der Waals surface area contributed by atoms with Crippen LogP contribution in [-0.2, 0) is 0 Å². The van der Waals surface area contributed by atoms with Gasteiger partial charge in [-0.3, -0.25) is 4.90 Å². The van der Waals surface area contributed by atoms with Gasteiger partial charge in [0.1, 0.15) is 5.82 Å². The first-order valence-corrected chi connectivity index (χ1v) is 9.07. The zero-order valence-corrected chi connectivity index (χ0v) is 13.4. The van der Waals surface area contributed by atoms with Crippen molar-refractivity contribution in [2.45, 2.75) is 56.1 Å². The summed E-state index contributed by atoms with van der Waals surface area (Å²) >= 11 is 0. The van der Waals surface area contributed by atoms with Gasteiger partial charge >= 0.3 is 0 Å². The van der Waals surface area contributed by atoms with Crippen LogP contribution in [0.25, 0.3) is 10.9 Å². The molecule has 3 fully saturated rings. The summed E-state index contributed by atoms with van der Waals surface area (Å²) < 4.78 is 13.5. The minimum Gasteiger partial charge on any atom is -0.361 e.